The number of halogens is 4. The number of aromatic nitrogens is 2. The van der Waals surface area contributed by atoms with E-state index in [-0.39, 0.29) is 6.54 Å². The van der Waals surface area contributed by atoms with Gasteiger partial charge < -0.3 is 0 Å². The predicted octanol–water partition coefficient (Wildman–Crippen LogP) is 1.85. The summed E-state index contributed by atoms with van der Waals surface area (Å²) in [5.41, 5.74) is -1.35. The average molecular weight is 263 g/mol. The molecule has 0 aromatic carbocycles. The van der Waals surface area contributed by atoms with E-state index in [0.717, 1.165) is 0 Å². The number of hydrogen-bond acceptors (Lipinski definition) is 3. The van der Waals surface area contributed by atoms with Gasteiger partial charge in [0.2, 0.25) is 0 Å². The van der Waals surface area contributed by atoms with Gasteiger partial charge in [-0.05, 0) is 6.92 Å². The molecule has 1 aromatic rings. The number of hydrogen-bond donors (Lipinski definition) is 0. The van der Waals surface area contributed by atoms with Crippen LogP contribution in [0.4, 0.5) is 13.2 Å². The fraction of sp³-hybridized carbons (Fsp3) is 0.500. The molecule has 0 saturated heterocycles. The van der Waals surface area contributed by atoms with E-state index >= 15 is 0 Å². The summed E-state index contributed by atoms with van der Waals surface area (Å²) < 4.78 is 59.6. The van der Waals surface area contributed by atoms with Crippen molar-refractivity contribution in [2.45, 2.75) is 24.7 Å². The third kappa shape index (κ3) is 2.43. The molecule has 0 aliphatic carbocycles. The summed E-state index contributed by atoms with van der Waals surface area (Å²) >= 11 is 0. The first-order chi connectivity index (χ1) is 6.68. The lowest BCUT2D eigenvalue weighted by Gasteiger charge is -2.06. The lowest BCUT2D eigenvalue weighted by Crippen LogP contribution is -2.12. The van der Waals surface area contributed by atoms with Crippen molar-refractivity contribution in [1.29, 1.82) is 0 Å². The molecule has 0 aliphatic rings. The lowest BCUT2D eigenvalue weighted by molar-refractivity contribution is -0.140. The summed E-state index contributed by atoms with van der Waals surface area (Å²) in [7, 11) is 0.443. The summed E-state index contributed by atoms with van der Waals surface area (Å²) in [6.45, 7) is 1.44. The van der Waals surface area contributed by atoms with E-state index in [4.69, 9.17) is 10.7 Å². The first kappa shape index (κ1) is 12.3. The second-order valence-electron chi connectivity index (χ2n) is 2.61. The molecule has 0 N–H and O–H groups in total. The molecule has 0 spiro atoms. The topological polar surface area (TPSA) is 52.0 Å². The molecule has 0 fully saturated rings. The number of alkyl halides is 3. The number of aryl methyl sites for hydroxylation is 1. The van der Waals surface area contributed by atoms with Gasteiger partial charge in [-0.2, -0.15) is 18.3 Å². The molecule has 86 valence electrons. The van der Waals surface area contributed by atoms with Crippen LogP contribution in [0.2, 0.25) is 0 Å². The Bertz CT molecular complexity index is 465. The molecule has 15 heavy (non-hydrogen) atoms. The van der Waals surface area contributed by atoms with Gasteiger partial charge in [-0.1, -0.05) is 0 Å². The maximum Gasteiger partial charge on any atom is 0.420 e. The highest BCUT2D eigenvalue weighted by Gasteiger charge is 2.40. The van der Waals surface area contributed by atoms with Crippen molar-refractivity contribution < 1.29 is 21.6 Å². The van der Waals surface area contributed by atoms with Crippen molar-refractivity contribution >= 4 is 19.7 Å². The number of nitrogens with zero attached hydrogens (tertiary/aromatic N) is 2. The minimum Gasteiger partial charge on any atom is -0.253 e. The van der Waals surface area contributed by atoms with Crippen LogP contribution < -0.4 is 0 Å². The zero-order valence-corrected chi connectivity index (χ0v) is 8.99. The molecular formula is C6H6ClF3N2O2S. The second kappa shape index (κ2) is 3.67. The van der Waals surface area contributed by atoms with E-state index < -0.39 is 25.8 Å². The van der Waals surface area contributed by atoms with Gasteiger partial charge in [0.05, 0.1) is 6.20 Å². The van der Waals surface area contributed by atoms with Gasteiger partial charge in [-0.25, -0.2) is 8.42 Å². The Hall–Kier alpha value is -0.760. The van der Waals surface area contributed by atoms with E-state index in [1.165, 1.54) is 6.92 Å². The van der Waals surface area contributed by atoms with Crippen LogP contribution >= 0.6 is 10.7 Å². The Morgan fingerprint density at radius 3 is 2.40 bits per heavy atom. The van der Waals surface area contributed by atoms with Crippen LogP contribution in [0.15, 0.2) is 11.2 Å². The van der Waals surface area contributed by atoms with Crippen LogP contribution in [0.1, 0.15) is 12.5 Å². The molecule has 9 heteroatoms. The Balaban J connectivity index is 3.51. The van der Waals surface area contributed by atoms with Gasteiger partial charge in [0.15, 0.2) is 5.03 Å². The second-order valence-corrected chi connectivity index (χ2v) is 5.10. The van der Waals surface area contributed by atoms with Gasteiger partial charge >= 0.3 is 6.18 Å². The van der Waals surface area contributed by atoms with Crippen LogP contribution in [0.5, 0.6) is 0 Å². The Morgan fingerprint density at radius 2 is 2.07 bits per heavy atom. The Labute approximate surface area is 88.1 Å². The van der Waals surface area contributed by atoms with Gasteiger partial charge in [0.25, 0.3) is 9.05 Å². The zero-order valence-electron chi connectivity index (χ0n) is 7.42. The smallest absolute Gasteiger partial charge is 0.253 e. The monoisotopic (exact) mass is 262 g/mol. The molecule has 0 unspecified atom stereocenters. The molecule has 1 rings (SSSR count). The lowest BCUT2D eigenvalue weighted by atomic mass is 10.3. The largest absolute Gasteiger partial charge is 0.420 e. The Kier molecular flexibility index (Phi) is 3.01. The molecular weight excluding hydrogens is 257 g/mol. The zero-order chi connectivity index (χ0) is 11.9. The molecule has 1 heterocycles. The first-order valence-electron chi connectivity index (χ1n) is 3.75. The van der Waals surface area contributed by atoms with Crippen molar-refractivity contribution in [2.24, 2.45) is 0 Å². The van der Waals surface area contributed by atoms with E-state index in [2.05, 4.69) is 5.10 Å². The van der Waals surface area contributed by atoms with Crippen LogP contribution in [0.25, 0.3) is 0 Å². The van der Waals surface area contributed by atoms with E-state index in [9.17, 15) is 21.6 Å². The molecule has 0 bridgehead atoms. The van der Waals surface area contributed by atoms with Crippen LogP contribution in [-0.4, -0.2) is 18.2 Å². The van der Waals surface area contributed by atoms with Crippen LogP contribution in [0.3, 0.4) is 0 Å². The van der Waals surface area contributed by atoms with Crippen molar-refractivity contribution in [3.05, 3.63) is 11.8 Å². The van der Waals surface area contributed by atoms with Crippen molar-refractivity contribution in [3.8, 4) is 0 Å². The summed E-state index contributed by atoms with van der Waals surface area (Å²) in [5.74, 6) is 0. The highest BCUT2D eigenvalue weighted by atomic mass is 35.7. The average Bonchev–Trinajstić information content (AvgIpc) is 2.44. The molecule has 1 aromatic heterocycles. The Morgan fingerprint density at radius 1 is 1.53 bits per heavy atom. The van der Waals surface area contributed by atoms with E-state index in [1.807, 2.05) is 0 Å². The van der Waals surface area contributed by atoms with Gasteiger partial charge in [-0.15, -0.1) is 0 Å². The number of rotatable bonds is 2. The van der Waals surface area contributed by atoms with E-state index in [0.29, 0.717) is 10.9 Å². The third-order valence-electron chi connectivity index (χ3n) is 1.63. The van der Waals surface area contributed by atoms with Crippen LogP contribution in [-0.2, 0) is 21.8 Å². The maximum absolute atomic E-state index is 12.4. The van der Waals surface area contributed by atoms with Crippen molar-refractivity contribution in [1.82, 2.24) is 9.78 Å². The highest BCUT2D eigenvalue weighted by molar-refractivity contribution is 8.13. The molecule has 0 radical (unpaired) electrons. The van der Waals surface area contributed by atoms with E-state index in [1.54, 1.807) is 0 Å². The standard InChI is InChI=1S/C6H6ClF3N2O2S/c1-2-12-5(15(7,13)14)4(3-11-12)6(8,9)10/h3H,2H2,1H3. The maximum atomic E-state index is 12.4. The summed E-state index contributed by atoms with van der Waals surface area (Å²) in [6, 6.07) is 0. The first-order valence-corrected chi connectivity index (χ1v) is 6.06. The molecule has 0 atom stereocenters. The molecule has 0 aliphatic heterocycles. The van der Waals surface area contributed by atoms with Gasteiger partial charge in [0, 0.05) is 17.2 Å². The third-order valence-corrected chi connectivity index (χ3v) is 2.96. The van der Waals surface area contributed by atoms with Gasteiger partial charge in [-0.3, -0.25) is 4.68 Å². The predicted molar refractivity (Wildman–Crippen MR) is 45.9 cm³/mol. The SMILES string of the molecule is CCn1ncc(C(F)(F)F)c1S(=O)(=O)Cl. The normalized spacial score (nSPS) is 13.1. The van der Waals surface area contributed by atoms with Gasteiger partial charge in [0.1, 0.15) is 5.56 Å². The van der Waals surface area contributed by atoms with Crippen molar-refractivity contribution in [3.63, 3.8) is 0 Å². The quantitative estimate of drug-likeness (QED) is 0.765. The fourth-order valence-electron chi connectivity index (χ4n) is 1.05. The molecule has 0 saturated carbocycles. The van der Waals surface area contributed by atoms with Crippen molar-refractivity contribution in [2.75, 3.05) is 0 Å². The summed E-state index contributed by atoms with van der Waals surface area (Å²) in [4.78, 5) is 0. The summed E-state index contributed by atoms with van der Waals surface area (Å²) in [5, 5.41) is 2.29. The fourth-order valence-corrected chi connectivity index (χ4v) is 2.40. The van der Waals surface area contributed by atoms with Crippen LogP contribution in [0, 0.1) is 0 Å². The summed E-state index contributed by atoms with van der Waals surface area (Å²) in [6.07, 6.45) is -4.34. The minimum atomic E-state index is -4.79. The minimum absolute atomic E-state index is 0.0165. The molecule has 0 amide bonds. The molecule has 4 nitrogen and oxygen atoms in total. The highest BCUT2D eigenvalue weighted by Crippen LogP contribution is 2.35.